The summed E-state index contributed by atoms with van der Waals surface area (Å²) in [5.41, 5.74) is 9.59. The van der Waals surface area contributed by atoms with E-state index in [0.29, 0.717) is 0 Å². The van der Waals surface area contributed by atoms with Crippen LogP contribution in [0, 0.1) is 0 Å². The fraction of sp³-hybridized carbons (Fsp3) is 0. The lowest BCUT2D eigenvalue weighted by Gasteiger charge is -2.26. The molecule has 0 N–H and O–H groups in total. The summed E-state index contributed by atoms with van der Waals surface area (Å²) in [5, 5.41) is 4.70. The molecule has 0 atom stereocenters. The highest BCUT2D eigenvalue weighted by atomic mass is 79.9. The molecule has 3 heteroatoms. The number of benzene rings is 7. The molecule has 8 aromatic rings. The molecule has 8 rings (SSSR count). The van der Waals surface area contributed by atoms with Gasteiger partial charge in [0.2, 0.25) is 0 Å². The van der Waals surface area contributed by atoms with Gasteiger partial charge < -0.3 is 9.32 Å². The van der Waals surface area contributed by atoms with Gasteiger partial charge in [0, 0.05) is 37.9 Å². The summed E-state index contributed by atoms with van der Waals surface area (Å²) in [6.07, 6.45) is 0. The van der Waals surface area contributed by atoms with Gasteiger partial charge >= 0.3 is 0 Å². The van der Waals surface area contributed by atoms with E-state index in [0.717, 1.165) is 65.7 Å². The van der Waals surface area contributed by atoms with Crippen LogP contribution in [-0.4, -0.2) is 0 Å². The lowest BCUT2D eigenvalue weighted by Crippen LogP contribution is -2.09. The van der Waals surface area contributed by atoms with E-state index in [4.69, 9.17) is 4.42 Å². The van der Waals surface area contributed by atoms with Crippen molar-refractivity contribution >= 4 is 65.7 Å². The van der Waals surface area contributed by atoms with E-state index >= 15 is 0 Å². The third-order valence-corrected chi connectivity index (χ3v) is 8.59. The van der Waals surface area contributed by atoms with Crippen molar-refractivity contribution in [2.45, 2.75) is 0 Å². The highest BCUT2D eigenvalue weighted by Gasteiger charge is 2.18. The highest BCUT2D eigenvalue weighted by Crippen LogP contribution is 2.43. The summed E-state index contributed by atoms with van der Waals surface area (Å²) >= 11 is 3.74. The number of fused-ring (bicyclic) bond motifs is 4. The average Bonchev–Trinajstić information content (AvgIpc) is 3.44. The van der Waals surface area contributed by atoms with Crippen LogP contribution >= 0.6 is 15.9 Å². The maximum atomic E-state index is 6.46. The van der Waals surface area contributed by atoms with Crippen LogP contribution < -0.4 is 4.90 Å². The number of para-hydroxylation sites is 3. The third kappa shape index (κ3) is 4.59. The van der Waals surface area contributed by atoms with E-state index in [1.807, 2.05) is 12.1 Å². The molecule has 1 aromatic heterocycles. The Balaban J connectivity index is 1.31. The van der Waals surface area contributed by atoms with Gasteiger partial charge in [0.25, 0.3) is 0 Å². The van der Waals surface area contributed by atoms with Gasteiger partial charge in [0.05, 0.1) is 0 Å². The first kappa shape index (κ1) is 25.6. The molecule has 0 spiro atoms. The Morgan fingerprint density at radius 1 is 0.442 bits per heavy atom. The van der Waals surface area contributed by atoms with E-state index in [1.54, 1.807) is 0 Å². The summed E-state index contributed by atoms with van der Waals surface area (Å²) in [6, 6.07) is 55.7. The van der Waals surface area contributed by atoms with E-state index in [2.05, 4.69) is 166 Å². The Hall–Kier alpha value is -5.12. The van der Waals surface area contributed by atoms with Crippen LogP contribution in [0.25, 0.3) is 55.0 Å². The maximum absolute atomic E-state index is 6.46. The van der Waals surface area contributed by atoms with Gasteiger partial charge in [-0.2, -0.15) is 0 Å². The minimum atomic E-state index is 0.900. The van der Waals surface area contributed by atoms with Gasteiger partial charge in [-0.15, -0.1) is 0 Å². The fourth-order valence-electron chi connectivity index (χ4n) is 6.10. The molecule has 0 aliphatic heterocycles. The smallest absolute Gasteiger partial charge is 0.143 e. The zero-order valence-electron chi connectivity index (χ0n) is 23.2. The van der Waals surface area contributed by atoms with Crippen molar-refractivity contribution in [3.8, 4) is 22.3 Å². The topological polar surface area (TPSA) is 16.4 Å². The highest BCUT2D eigenvalue weighted by molar-refractivity contribution is 9.10. The fourth-order valence-corrected chi connectivity index (χ4v) is 6.46. The first-order chi connectivity index (χ1) is 21.2. The molecule has 204 valence electrons. The Labute approximate surface area is 258 Å². The standard InChI is InChI=1S/C40H26BrNO/c41-30-21-23-34(38(26-30)37-18-9-17-36-35-16-6-7-19-39(35)43-40(36)37)29-12-8-15-32(25-29)42(31-13-2-1-3-14-31)33-22-20-27-10-4-5-11-28(27)24-33/h1-26H. The minimum Gasteiger partial charge on any atom is -0.455 e. The first-order valence-electron chi connectivity index (χ1n) is 14.4. The Morgan fingerprint density at radius 3 is 2.07 bits per heavy atom. The van der Waals surface area contributed by atoms with Crippen LogP contribution in [0.2, 0.25) is 0 Å². The number of furan rings is 1. The molecule has 0 radical (unpaired) electrons. The minimum absolute atomic E-state index is 0.900. The first-order valence-corrected chi connectivity index (χ1v) is 15.2. The Bertz CT molecular complexity index is 2270. The second-order valence-electron chi connectivity index (χ2n) is 10.7. The van der Waals surface area contributed by atoms with Crippen molar-refractivity contribution < 1.29 is 4.42 Å². The molecule has 0 fully saturated rings. The van der Waals surface area contributed by atoms with Gasteiger partial charge in [-0.05, 0) is 82.1 Å². The van der Waals surface area contributed by atoms with Crippen molar-refractivity contribution in [2.75, 3.05) is 4.90 Å². The Morgan fingerprint density at radius 2 is 1.16 bits per heavy atom. The predicted molar refractivity (Wildman–Crippen MR) is 184 cm³/mol. The summed E-state index contributed by atoms with van der Waals surface area (Å²) in [6.45, 7) is 0. The van der Waals surface area contributed by atoms with Gasteiger partial charge in [0.1, 0.15) is 11.2 Å². The van der Waals surface area contributed by atoms with Crippen molar-refractivity contribution in [2.24, 2.45) is 0 Å². The molecular weight excluding hydrogens is 590 g/mol. The van der Waals surface area contributed by atoms with Crippen LogP contribution in [0.4, 0.5) is 17.1 Å². The second-order valence-corrected chi connectivity index (χ2v) is 11.6. The average molecular weight is 617 g/mol. The van der Waals surface area contributed by atoms with Gasteiger partial charge in [0.15, 0.2) is 0 Å². The monoisotopic (exact) mass is 615 g/mol. The molecule has 0 saturated carbocycles. The normalized spacial score (nSPS) is 11.4. The van der Waals surface area contributed by atoms with Gasteiger partial charge in [-0.25, -0.2) is 0 Å². The molecule has 2 nitrogen and oxygen atoms in total. The van der Waals surface area contributed by atoms with Crippen molar-refractivity contribution in [1.82, 2.24) is 0 Å². The number of rotatable bonds is 5. The molecule has 43 heavy (non-hydrogen) atoms. The number of hydrogen-bond acceptors (Lipinski definition) is 2. The summed E-state index contributed by atoms with van der Waals surface area (Å²) in [4.78, 5) is 2.33. The second kappa shape index (κ2) is 10.6. The molecule has 0 bridgehead atoms. The van der Waals surface area contributed by atoms with Crippen LogP contribution in [-0.2, 0) is 0 Å². The van der Waals surface area contributed by atoms with Crippen LogP contribution in [0.15, 0.2) is 167 Å². The quantitative estimate of drug-likeness (QED) is 0.191. The lowest BCUT2D eigenvalue weighted by molar-refractivity contribution is 0.670. The van der Waals surface area contributed by atoms with Gasteiger partial charge in [-0.3, -0.25) is 0 Å². The molecule has 7 aromatic carbocycles. The SMILES string of the molecule is Brc1ccc(-c2cccc(N(c3ccccc3)c3ccc4ccccc4c3)c2)c(-c2cccc3c2oc2ccccc23)c1. The number of halogens is 1. The van der Waals surface area contributed by atoms with E-state index in [9.17, 15) is 0 Å². The van der Waals surface area contributed by atoms with Crippen molar-refractivity contribution in [3.63, 3.8) is 0 Å². The molecule has 0 aliphatic carbocycles. The zero-order valence-corrected chi connectivity index (χ0v) is 24.8. The summed E-state index contributed by atoms with van der Waals surface area (Å²) < 4.78 is 7.48. The third-order valence-electron chi connectivity index (χ3n) is 8.10. The summed E-state index contributed by atoms with van der Waals surface area (Å²) in [7, 11) is 0. The van der Waals surface area contributed by atoms with Crippen molar-refractivity contribution in [3.05, 3.63) is 162 Å². The Kier molecular flexibility index (Phi) is 6.31. The molecule has 1 heterocycles. The summed E-state index contributed by atoms with van der Waals surface area (Å²) in [5.74, 6) is 0. The van der Waals surface area contributed by atoms with Crippen LogP contribution in [0.1, 0.15) is 0 Å². The van der Waals surface area contributed by atoms with E-state index in [1.165, 1.54) is 10.8 Å². The lowest BCUT2D eigenvalue weighted by atomic mass is 9.93. The molecular formula is C40H26BrNO. The van der Waals surface area contributed by atoms with Gasteiger partial charge in [-0.1, -0.05) is 119 Å². The molecule has 0 amide bonds. The molecule has 0 unspecified atom stereocenters. The molecule has 0 aliphatic rings. The van der Waals surface area contributed by atoms with Crippen LogP contribution in [0.3, 0.4) is 0 Å². The molecule has 0 saturated heterocycles. The zero-order chi connectivity index (χ0) is 28.8. The maximum Gasteiger partial charge on any atom is 0.143 e. The number of anilines is 3. The van der Waals surface area contributed by atoms with E-state index < -0.39 is 0 Å². The number of hydrogen-bond donors (Lipinski definition) is 0. The predicted octanol–water partition coefficient (Wildman–Crippen LogP) is 12.3. The largest absolute Gasteiger partial charge is 0.455 e. The van der Waals surface area contributed by atoms with Crippen molar-refractivity contribution in [1.29, 1.82) is 0 Å². The van der Waals surface area contributed by atoms with Crippen LogP contribution in [0.5, 0.6) is 0 Å². The number of nitrogens with zero attached hydrogens (tertiary/aromatic N) is 1. The van der Waals surface area contributed by atoms with E-state index in [-0.39, 0.29) is 0 Å².